The fraction of sp³-hybridized carbons (Fsp3) is 0.522. The van der Waals surface area contributed by atoms with Crippen molar-refractivity contribution in [2.24, 2.45) is 11.7 Å². The maximum Gasteiger partial charge on any atom is 0.380 e. The number of nitrogens with zero attached hydrogens (tertiary/aromatic N) is 2. The third-order valence-electron chi connectivity index (χ3n) is 5.76. The van der Waals surface area contributed by atoms with Crippen molar-refractivity contribution in [3.8, 4) is 5.75 Å². The number of halogens is 2. The number of esters is 1. The van der Waals surface area contributed by atoms with Crippen LogP contribution < -0.4 is 21.7 Å². The number of anilines is 1. The van der Waals surface area contributed by atoms with Gasteiger partial charge in [-0.25, -0.2) is 18.1 Å². The van der Waals surface area contributed by atoms with E-state index in [2.05, 4.69) is 4.98 Å². The van der Waals surface area contributed by atoms with Crippen LogP contribution >= 0.6 is 7.60 Å². The number of para-hydroxylation sites is 1. The third-order valence-corrected chi connectivity index (χ3v) is 7.79. The molecule has 2 unspecified atom stereocenters. The predicted octanol–water partition coefficient (Wildman–Crippen LogP) is 1.77. The SMILES string of the molecule is CC(C)OC(=O)[C@H](C)CP(=O)(OC[C@H]1O[C@@H](n2cc(F)c(N)nc2=O)C(N)(CF)[C@H]1O)Oc1ccccc1. The second kappa shape index (κ2) is 11.9. The van der Waals surface area contributed by atoms with Crippen molar-refractivity contribution < 1.29 is 41.8 Å². The van der Waals surface area contributed by atoms with Crippen LogP contribution in [0.5, 0.6) is 5.75 Å². The quantitative estimate of drug-likeness (QED) is 0.269. The summed E-state index contributed by atoms with van der Waals surface area (Å²) in [5, 5.41) is 10.8. The van der Waals surface area contributed by atoms with Gasteiger partial charge in [0, 0.05) is 0 Å². The van der Waals surface area contributed by atoms with Crippen LogP contribution in [0.25, 0.3) is 0 Å². The van der Waals surface area contributed by atoms with Crippen LogP contribution in [-0.2, 0) is 23.4 Å². The van der Waals surface area contributed by atoms with Crippen LogP contribution in [-0.4, -0.2) is 63.9 Å². The molecule has 1 aliphatic rings. The third kappa shape index (κ3) is 6.56. The summed E-state index contributed by atoms with van der Waals surface area (Å²) in [5.41, 5.74) is 8.03. The zero-order valence-electron chi connectivity index (χ0n) is 21.0. The molecule has 1 saturated heterocycles. The fourth-order valence-corrected chi connectivity index (χ4v) is 5.66. The molecule has 15 heteroatoms. The Morgan fingerprint density at radius 1 is 1.32 bits per heavy atom. The van der Waals surface area contributed by atoms with Crippen molar-refractivity contribution in [1.29, 1.82) is 0 Å². The first-order chi connectivity index (χ1) is 17.8. The summed E-state index contributed by atoms with van der Waals surface area (Å²) in [6.45, 7) is 2.77. The molecule has 6 atom stereocenters. The zero-order chi connectivity index (χ0) is 28.3. The molecule has 2 aromatic rings. The second-order valence-electron chi connectivity index (χ2n) is 9.26. The molecule has 38 heavy (non-hydrogen) atoms. The Labute approximate surface area is 217 Å². The van der Waals surface area contributed by atoms with Crippen molar-refractivity contribution in [2.75, 3.05) is 25.2 Å². The van der Waals surface area contributed by atoms with Crippen LogP contribution in [0.15, 0.2) is 41.3 Å². The highest BCUT2D eigenvalue weighted by Gasteiger charge is 2.56. The van der Waals surface area contributed by atoms with Crippen molar-refractivity contribution in [2.45, 2.75) is 50.8 Å². The first kappa shape index (κ1) is 29.7. The fourth-order valence-electron chi connectivity index (χ4n) is 3.79. The second-order valence-corrected chi connectivity index (χ2v) is 11.3. The molecule has 5 N–H and O–H groups in total. The van der Waals surface area contributed by atoms with Crippen LogP contribution in [0.3, 0.4) is 0 Å². The van der Waals surface area contributed by atoms with Crippen LogP contribution in [0.2, 0.25) is 0 Å². The molecule has 1 aromatic carbocycles. The van der Waals surface area contributed by atoms with Crippen molar-refractivity contribution in [3.63, 3.8) is 0 Å². The van der Waals surface area contributed by atoms with Gasteiger partial charge in [-0.3, -0.25) is 13.9 Å². The zero-order valence-corrected chi connectivity index (χ0v) is 21.9. The maximum atomic E-state index is 14.1. The monoisotopic (exact) mass is 560 g/mol. The lowest BCUT2D eigenvalue weighted by atomic mass is 9.92. The molecule has 0 bridgehead atoms. The lowest BCUT2D eigenvalue weighted by Gasteiger charge is -2.30. The van der Waals surface area contributed by atoms with E-state index < -0.39 is 86.3 Å². The Morgan fingerprint density at radius 2 is 1.97 bits per heavy atom. The summed E-state index contributed by atoms with van der Waals surface area (Å²) in [7, 11) is -4.12. The van der Waals surface area contributed by atoms with E-state index in [1.54, 1.807) is 32.0 Å². The van der Waals surface area contributed by atoms with E-state index in [0.29, 0.717) is 10.8 Å². The van der Waals surface area contributed by atoms with Gasteiger partial charge in [0.05, 0.1) is 31.0 Å². The number of aromatic nitrogens is 2. The molecule has 0 spiro atoms. The number of hydrogen-bond donors (Lipinski definition) is 3. The number of nitrogen functional groups attached to an aromatic ring is 1. The summed E-state index contributed by atoms with van der Waals surface area (Å²) >= 11 is 0. The van der Waals surface area contributed by atoms with E-state index in [0.717, 1.165) is 0 Å². The van der Waals surface area contributed by atoms with Gasteiger partial charge in [-0.2, -0.15) is 4.98 Å². The normalized spacial score (nSPS) is 25.6. The molecule has 1 aliphatic heterocycles. The highest BCUT2D eigenvalue weighted by atomic mass is 31.2. The molecular weight excluding hydrogens is 529 g/mol. The van der Waals surface area contributed by atoms with E-state index in [9.17, 15) is 28.0 Å². The van der Waals surface area contributed by atoms with Crippen molar-refractivity contribution in [3.05, 3.63) is 52.8 Å². The number of rotatable bonds is 11. The largest absolute Gasteiger partial charge is 0.463 e. The Kier molecular flexibility index (Phi) is 9.26. The van der Waals surface area contributed by atoms with E-state index in [-0.39, 0.29) is 5.75 Å². The van der Waals surface area contributed by atoms with E-state index >= 15 is 0 Å². The highest BCUT2D eigenvalue weighted by molar-refractivity contribution is 7.54. The van der Waals surface area contributed by atoms with E-state index in [4.69, 9.17) is 30.0 Å². The van der Waals surface area contributed by atoms with Gasteiger partial charge in [-0.05, 0) is 26.0 Å². The molecule has 2 heterocycles. The Bertz CT molecular complexity index is 1230. The number of aliphatic hydroxyl groups excluding tert-OH is 1. The molecular formula is C23H31F2N4O8P. The van der Waals surface area contributed by atoms with Gasteiger partial charge in [0.1, 0.15) is 30.2 Å². The molecule has 1 fully saturated rings. The standard InChI is InChI=1S/C23H31F2N4O8P/c1-13(2)35-20(31)14(3)11-38(33,37-15-7-5-4-6-8-15)34-10-17-18(30)23(27,12-24)21(36-17)29-9-16(25)19(26)28-22(29)32/h4-9,13-14,17-18,21,30H,10-12,27H2,1-3H3,(H2,26,28,32)/t14-,17-,18+,21-,23?,38?/m1/s1. The molecule has 3 rings (SSSR count). The smallest absolute Gasteiger partial charge is 0.380 e. The summed E-state index contributed by atoms with van der Waals surface area (Å²) in [6, 6.07) is 8.01. The van der Waals surface area contributed by atoms with E-state index in [1.165, 1.54) is 19.1 Å². The summed E-state index contributed by atoms with van der Waals surface area (Å²) in [5.74, 6) is -3.13. The summed E-state index contributed by atoms with van der Waals surface area (Å²) < 4.78 is 64.4. The Balaban J connectivity index is 1.84. The summed E-state index contributed by atoms with van der Waals surface area (Å²) in [6.07, 6.45) is -5.11. The van der Waals surface area contributed by atoms with Gasteiger partial charge in [0.25, 0.3) is 0 Å². The Morgan fingerprint density at radius 3 is 2.58 bits per heavy atom. The van der Waals surface area contributed by atoms with Crippen LogP contribution in [0, 0.1) is 11.7 Å². The number of alkyl halides is 1. The first-order valence-electron chi connectivity index (χ1n) is 11.7. The topological polar surface area (TPSA) is 178 Å². The van der Waals surface area contributed by atoms with Crippen LogP contribution in [0.1, 0.15) is 27.0 Å². The number of ether oxygens (including phenoxy) is 2. The average Bonchev–Trinajstić information content (AvgIpc) is 3.10. The maximum absolute atomic E-state index is 14.1. The van der Waals surface area contributed by atoms with Gasteiger partial charge >= 0.3 is 19.3 Å². The average molecular weight is 560 g/mol. The molecule has 0 saturated carbocycles. The van der Waals surface area contributed by atoms with Gasteiger partial charge in [-0.1, -0.05) is 25.1 Å². The molecule has 1 aromatic heterocycles. The Hall–Kier alpha value is -2.90. The summed E-state index contributed by atoms with van der Waals surface area (Å²) in [4.78, 5) is 28.0. The molecule has 0 amide bonds. The van der Waals surface area contributed by atoms with E-state index in [1.807, 2.05) is 0 Å². The lowest BCUT2D eigenvalue weighted by Crippen LogP contribution is -2.57. The minimum absolute atomic E-state index is 0.179. The predicted molar refractivity (Wildman–Crippen MR) is 132 cm³/mol. The highest BCUT2D eigenvalue weighted by Crippen LogP contribution is 2.51. The van der Waals surface area contributed by atoms with Crippen molar-refractivity contribution in [1.82, 2.24) is 9.55 Å². The van der Waals surface area contributed by atoms with Crippen molar-refractivity contribution >= 4 is 19.4 Å². The van der Waals surface area contributed by atoms with Gasteiger partial charge < -0.3 is 30.6 Å². The molecule has 0 aliphatic carbocycles. The number of hydrogen-bond acceptors (Lipinski definition) is 11. The van der Waals surface area contributed by atoms with Gasteiger partial charge in [-0.15, -0.1) is 0 Å². The number of carbonyl (C=O) groups excluding carboxylic acids is 1. The molecule has 210 valence electrons. The minimum atomic E-state index is -4.12. The number of nitrogens with two attached hydrogens (primary N) is 2. The first-order valence-corrected chi connectivity index (χ1v) is 13.4. The van der Waals surface area contributed by atoms with Crippen LogP contribution in [0.4, 0.5) is 14.6 Å². The number of benzene rings is 1. The lowest BCUT2D eigenvalue weighted by molar-refractivity contribution is -0.151. The molecule has 0 radical (unpaired) electrons. The van der Waals surface area contributed by atoms with Gasteiger partial charge in [0.2, 0.25) is 0 Å². The number of aliphatic hydroxyl groups is 1. The number of carbonyl (C=O) groups is 1. The minimum Gasteiger partial charge on any atom is -0.463 e. The van der Waals surface area contributed by atoms with Gasteiger partial charge in [0.15, 0.2) is 17.9 Å². The molecule has 12 nitrogen and oxygen atoms in total.